The lowest BCUT2D eigenvalue weighted by Crippen LogP contribution is -1.94. The molecule has 0 radical (unpaired) electrons. The second kappa shape index (κ2) is 7.89. The minimum atomic E-state index is 1.06. The first kappa shape index (κ1) is 17.8. The van der Waals surface area contributed by atoms with E-state index in [2.05, 4.69) is 69.4 Å². The molecule has 0 aromatic carbocycles. The first-order valence-corrected chi connectivity index (χ1v) is 11.2. The van der Waals surface area contributed by atoms with Crippen molar-refractivity contribution in [1.82, 2.24) is 0 Å². The zero-order chi connectivity index (χ0) is 17.1. The highest BCUT2D eigenvalue weighted by Gasteiger charge is 2.06. The summed E-state index contributed by atoms with van der Waals surface area (Å²) in [4.78, 5) is 0. The van der Waals surface area contributed by atoms with Crippen molar-refractivity contribution in [3.63, 3.8) is 0 Å². The van der Waals surface area contributed by atoms with Gasteiger partial charge in [0.05, 0.1) is 0 Å². The minimum Gasteiger partial charge on any atom is -0.0732 e. The van der Waals surface area contributed by atoms with Gasteiger partial charge in [0.25, 0.3) is 0 Å². The summed E-state index contributed by atoms with van der Waals surface area (Å²) < 4.78 is 0. The topological polar surface area (TPSA) is 0 Å². The third kappa shape index (κ3) is 4.52. The summed E-state index contributed by atoms with van der Waals surface area (Å²) in [6.07, 6.45) is 2.14. The summed E-state index contributed by atoms with van der Waals surface area (Å²) >= 11 is 0. The highest BCUT2D eigenvalue weighted by molar-refractivity contribution is 7.30. The highest BCUT2D eigenvalue weighted by atomic mass is 31.0. The van der Waals surface area contributed by atoms with Crippen LogP contribution in [0.2, 0.25) is 0 Å². The van der Waals surface area contributed by atoms with Gasteiger partial charge in [0.15, 0.2) is 0 Å². The maximum absolute atomic E-state index is 2.40. The fourth-order valence-corrected chi connectivity index (χ4v) is 5.67. The monoisotopic (exact) mass is 368 g/mol. The van der Waals surface area contributed by atoms with Crippen molar-refractivity contribution in [3.05, 3.63) is 85.4 Å². The van der Waals surface area contributed by atoms with Gasteiger partial charge in [-0.1, -0.05) is 48.8 Å². The van der Waals surface area contributed by atoms with Crippen LogP contribution in [0, 0.1) is 27.7 Å². The van der Waals surface area contributed by atoms with Crippen LogP contribution < -0.4 is 0 Å². The predicted octanol–water partition coefficient (Wildman–Crippen LogP) is 7.84. The molecule has 3 aromatic heterocycles. The number of aryl methyl sites for hydroxylation is 4. The molecule has 0 fully saturated rings. The fourth-order valence-electron chi connectivity index (χ4n) is 2.98. The Hall–Kier alpha value is -1.05. The van der Waals surface area contributed by atoms with Gasteiger partial charge in [-0.25, -0.2) is 0 Å². The first-order valence-electron chi connectivity index (χ1n) is 8.29. The molecule has 3 rings (SSSR count). The number of rotatable bonds is 4. The summed E-state index contributed by atoms with van der Waals surface area (Å²) in [6, 6.07) is 9.34. The third-order valence-electron chi connectivity index (χ3n) is 4.33. The molecule has 0 bridgehead atoms. The van der Waals surface area contributed by atoms with E-state index in [9.17, 15) is 0 Å². The smallest absolute Gasteiger partial charge is 0.00209 e. The van der Waals surface area contributed by atoms with Gasteiger partial charge in [0, 0.05) is 6.42 Å². The van der Waals surface area contributed by atoms with Crippen molar-refractivity contribution in [1.29, 1.82) is 0 Å². The molecule has 3 heterocycles. The van der Waals surface area contributed by atoms with Gasteiger partial charge in [-0.05, 0) is 95.2 Å². The molecular formula is C21H23P3. The van der Waals surface area contributed by atoms with Crippen molar-refractivity contribution in [3.8, 4) is 0 Å². The molecule has 3 aromatic rings. The van der Waals surface area contributed by atoms with Gasteiger partial charge < -0.3 is 0 Å². The van der Waals surface area contributed by atoms with Crippen molar-refractivity contribution in [2.75, 3.05) is 0 Å². The summed E-state index contributed by atoms with van der Waals surface area (Å²) in [5, 5.41) is 4.42. The van der Waals surface area contributed by atoms with Crippen molar-refractivity contribution in [2.24, 2.45) is 0 Å². The highest BCUT2D eigenvalue weighted by Crippen LogP contribution is 2.28. The second-order valence-corrected chi connectivity index (χ2v) is 10.1. The van der Waals surface area contributed by atoms with Crippen LogP contribution in [-0.2, 0) is 12.8 Å². The normalized spacial score (nSPS) is 11.8. The Morgan fingerprint density at radius 3 is 2.21 bits per heavy atom. The molecule has 0 saturated heterocycles. The lowest BCUT2D eigenvalue weighted by atomic mass is 10.0. The molecule has 3 heteroatoms. The van der Waals surface area contributed by atoms with Gasteiger partial charge in [0.1, 0.15) is 0 Å². The van der Waals surface area contributed by atoms with Crippen molar-refractivity contribution in [2.45, 2.75) is 40.5 Å². The standard InChI is InChI=1S/C21H23P3/c1-14-7-16(3)23-13-20(14)10-19-8-15(2)21(24-12-19)11-18-5-6-22-17(4)9-18/h5-9,12-13H,10-11H2,1-4H3. The molecule has 0 amide bonds. The molecule has 0 spiro atoms. The van der Waals surface area contributed by atoms with Crippen molar-refractivity contribution >= 4 is 24.6 Å². The Morgan fingerprint density at radius 1 is 0.708 bits per heavy atom. The van der Waals surface area contributed by atoms with Gasteiger partial charge in [-0.3, -0.25) is 0 Å². The third-order valence-corrected chi connectivity index (χ3v) is 7.42. The lowest BCUT2D eigenvalue weighted by molar-refractivity contribution is 1.15. The Labute approximate surface area is 150 Å². The number of hydrogen-bond donors (Lipinski definition) is 0. The molecule has 0 unspecified atom stereocenters. The molecule has 0 atom stereocenters. The molecule has 0 saturated carbocycles. The van der Waals surface area contributed by atoms with Crippen LogP contribution in [0.4, 0.5) is 0 Å². The molecule has 0 N–H and O–H groups in total. The van der Waals surface area contributed by atoms with Gasteiger partial charge in [-0.15, -0.1) is 0 Å². The Balaban J connectivity index is 1.79. The predicted molar refractivity (Wildman–Crippen MR) is 111 cm³/mol. The molecule has 0 aliphatic heterocycles. The second-order valence-electron chi connectivity index (χ2n) is 6.52. The van der Waals surface area contributed by atoms with E-state index >= 15 is 0 Å². The van der Waals surface area contributed by atoms with Gasteiger partial charge in [0.2, 0.25) is 0 Å². The fraction of sp³-hybridized carbons (Fsp3) is 0.286. The van der Waals surface area contributed by atoms with E-state index in [1.807, 2.05) is 0 Å². The molecule has 122 valence electrons. The van der Waals surface area contributed by atoms with Crippen LogP contribution >= 0.6 is 24.6 Å². The first-order chi connectivity index (χ1) is 11.5. The summed E-state index contributed by atoms with van der Waals surface area (Å²) in [5.74, 6) is 7.04. The maximum Gasteiger partial charge on any atom is 0.00209 e. The molecular weight excluding hydrogens is 345 g/mol. The molecule has 24 heavy (non-hydrogen) atoms. The van der Waals surface area contributed by atoms with E-state index in [0.717, 1.165) is 12.8 Å². The number of hydrogen-bond acceptors (Lipinski definition) is 0. The van der Waals surface area contributed by atoms with Crippen LogP contribution in [0.25, 0.3) is 0 Å². The molecule has 0 aliphatic carbocycles. The summed E-state index contributed by atoms with van der Waals surface area (Å²) in [5.41, 5.74) is 7.26. The zero-order valence-electron chi connectivity index (χ0n) is 14.8. The average Bonchev–Trinajstić information content (AvgIpc) is 2.53. The van der Waals surface area contributed by atoms with Gasteiger partial charge in [-0.2, -0.15) is 0 Å². The van der Waals surface area contributed by atoms with Crippen LogP contribution in [0.1, 0.15) is 43.7 Å². The maximum atomic E-state index is 2.40. The largest absolute Gasteiger partial charge is 0.0732 e. The zero-order valence-corrected chi connectivity index (χ0v) is 17.5. The summed E-state index contributed by atoms with van der Waals surface area (Å²) in [7, 11) is 4.06. The Morgan fingerprint density at radius 2 is 1.50 bits per heavy atom. The lowest BCUT2D eigenvalue weighted by Gasteiger charge is -2.10. The van der Waals surface area contributed by atoms with E-state index in [0.29, 0.717) is 0 Å². The average molecular weight is 368 g/mol. The van der Waals surface area contributed by atoms with Gasteiger partial charge >= 0.3 is 0 Å². The quantitative estimate of drug-likeness (QED) is 0.440. The van der Waals surface area contributed by atoms with Crippen LogP contribution in [0.15, 0.2) is 41.7 Å². The van der Waals surface area contributed by atoms with Crippen LogP contribution in [0.5, 0.6) is 0 Å². The van der Waals surface area contributed by atoms with E-state index in [-0.39, 0.29) is 0 Å². The molecule has 0 aliphatic rings. The molecule has 0 nitrogen and oxygen atoms in total. The van der Waals surface area contributed by atoms with Crippen LogP contribution in [0.3, 0.4) is 0 Å². The van der Waals surface area contributed by atoms with Crippen molar-refractivity contribution < 1.29 is 0 Å². The summed E-state index contributed by atoms with van der Waals surface area (Å²) in [6.45, 7) is 8.92. The SMILES string of the molecule is Cc1cc(Cc2pcc(Cc3cpc(C)cc3C)cc2C)ccp1. The Kier molecular flexibility index (Phi) is 5.84. The van der Waals surface area contributed by atoms with E-state index in [1.165, 1.54) is 68.3 Å². The minimum absolute atomic E-state index is 1.06. The van der Waals surface area contributed by atoms with E-state index < -0.39 is 0 Å². The Bertz CT molecular complexity index is 869. The van der Waals surface area contributed by atoms with E-state index in [4.69, 9.17) is 0 Å². The van der Waals surface area contributed by atoms with Crippen LogP contribution in [-0.4, -0.2) is 0 Å². The van der Waals surface area contributed by atoms with E-state index in [1.54, 1.807) is 0 Å².